The molecule has 6 nitrogen and oxygen atoms in total. The SMILES string of the molecule is COc1cc(/C=C(/C#N)C(=O)Nc2cccc(Cl)c2C)cc(OC)c1O. The minimum absolute atomic E-state index is 0.126. The summed E-state index contributed by atoms with van der Waals surface area (Å²) in [5.74, 6) is -0.411. The van der Waals surface area contributed by atoms with Gasteiger partial charge in [-0.25, -0.2) is 0 Å². The summed E-state index contributed by atoms with van der Waals surface area (Å²) in [6, 6.07) is 9.96. The Bertz CT molecular complexity index is 891. The fourth-order valence-corrected chi connectivity index (χ4v) is 2.42. The molecule has 0 unspecified atom stereocenters. The minimum Gasteiger partial charge on any atom is -0.502 e. The molecule has 0 aliphatic heterocycles. The molecule has 1 amide bonds. The number of carbonyl (C=O) groups excluding carboxylic acids is 1. The van der Waals surface area contributed by atoms with Crippen molar-refractivity contribution in [1.82, 2.24) is 0 Å². The number of halogens is 1. The molecule has 0 saturated heterocycles. The van der Waals surface area contributed by atoms with Crippen molar-refractivity contribution in [3.63, 3.8) is 0 Å². The van der Waals surface area contributed by atoms with E-state index in [1.807, 2.05) is 6.07 Å². The van der Waals surface area contributed by atoms with Crippen LogP contribution in [-0.2, 0) is 4.79 Å². The van der Waals surface area contributed by atoms with Crippen molar-refractivity contribution in [2.24, 2.45) is 0 Å². The molecule has 7 heteroatoms. The zero-order valence-electron chi connectivity index (χ0n) is 14.5. The largest absolute Gasteiger partial charge is 0.502 e. The maximum absolute atomic E-state index is 12.4. The lowest BCUT2D eigenvalue weighted by molar-refractivity contribution is -0.112. The number of nitrogens with one attached hydrogen (secondary N) is 1. The Balaban J connectivity index is 2.37. The van der Waals surface area contributed by atoms with Gasteiger partial charge in [-0.05, 0) is 48.4 Å². The highest BCUT2D eigenvalue weighted by atomic mass is 35.5. The quantitative estimate of drug-likeness (QED) is 0.613. The number of nitriles is 1. The number of nitrogens with zero attached hydrogens (tertiary/aromatic N) is 1. The summed E-state index contributed by atoms with van der Waals surface area (Å²) in [7, 11) is 2.78. The van der Waals surface area contributed by atoms with Crippen LogP contribution in [-0.4, -0.2) is 25.2 Å². The van der Waals surface area contributed by atoms with Crippen LogP contribution < -0.4 is 14.8 Å². The highest BCUT2D eigenvalue weighted by Crippen LogP contribution is 2.37. The normalized spacial score (nSPS) is 10.8. The molecule has 0 spiro atoms. The van der Waals surface area contributed by atoms with E-state index in [0.717, 1.165) is 0 Å². The third-order valence-electron chi connectivity index (χ3n) is 3.69. The van der Waals surface area contributed by atoms with Gasteiger partial charge in [-0.1, -0.05) is 17.7 Å². The molecule has 0 radical (unpaired) electrons. The summed E-state index contributed by atoms with van der Waals surface area (Å²) in [4.78, 5) is 12.4. The van der Waals surface area contributed by atoms with Crippen LogP contribution in [0.15, 0.2) is 35.9 Å². The lowest BCUT2D eigenvalue weighted by Gasteiger charge is -2.11. The molecular formula is C19H17ClN2O4. The topological polar surface area (TPSA) is 91.6 Å². The molecule has 0 bridgehead atoms. The van der Waals surface area contributed by atoms with Crippen LogP contribution in [0, 0.1) is 18.3 Å². The van der Waals surface area contributed by atoms with Gasteiger partial charge < -0.3 is 19.9 Å². The zero-order valence-corrected chi connectivity index (χ0v) is 15.2. The summed E-state index contributed by atoms with van der Waals surface area (Å²) in [6.07, 6.45) is 1.37. The second-order valence-corrected chi connectivity index (χ2v) is 5.72. The summed E-state index contributed by atoms with van der Waals surface area (Å²) in [5, 5.41) is 22.5. The Morgan fingerprint density at radius 1 is 1.27 bits per heavy atom. The van der Waals surface area contributed by atoms with Gasteiger partial charge in [0, 0.05) is 10.7 Å². The second kappa shape index (κ2) is 8.28. The molecule has 0 aliphatic carbocycles. The van der Waals surface area contributed by atoms with Crippen molar-refractivity contribution in [2.75, 3.05) is 19.5 Å². The average molecular weight is 373 g/mol. The van der Waals surface area contributed by atoms with E-state index in [-0.39, 0.29) is 22.8 Å². The van der Waals surface area contributed by atoms with Crippen LogP contribution in [0.3, 0.4) is 0 Å². The first-order valence-corrected chi connectivity index (χ1v) is 7.92. The number of amides is 1. The van der Waals surface area contributed by atoms with E-state index < -0.39 is 5.91 Å². The van der Waals surface area contributed by atoms with Gasteiger partial charge in [-0.2, -0.15) is 5.26 Å². The van der Waals surface area contributed by atoms with Crippen molar-refractivity contribution in [1.29, 1.82) is 5.26 Å². The number of hydrogen-bond donors (Lipinski definition) is 2. The summed E-state index contributed by atoms with van der Waals surface area (Å²) in [6.45, 7) is 1.77. The molecule has 0 heterocycles. The van der Waals surface area contributed by atoms with Gasteiger partial charge in [-0.15, -0.1) is 0 Å². The van der Waals surface area contributed by atoms with Gasteiger partial charge in [-0.3, -0.25) is 4.79 Å². The molecular weight excluding hydrogens is 356 g/mol. The molecule has 2 N–H and O–H groups in total. The van der Waals surface area contributed by atoms with E-state index in [4.69, 9.17) is 21.1 Å². The van der Waals surface area contributed by atoms with E-state index in [0.29, 0.717) is 21.8 Å². The van der Waals surface area contributed by atoms with Crippen LogP contribution in [0.5, 0.6) is 17.2 Å². The number of phenols is 1. The van der Waals surface area contributed by atoms with Gasteiger partial charge in [0.2, 0.25) is 5.75 Å². The van der Waals surface area contributed by atoms with Gasteiger partial charge in [0.15, 0.2) is 11.5 Å². The zero-order chi connectivity index (χ0) is 19.3. The van der Waals surface area contributed by atoms with E-state index in [1.165, 1.54) is 32.4 Å². The molecule has 0 fully saturated rings. The van der Waals surface area contributed by atoms with Crippen molar-refractivity contribution < 1.29 is 19.4 Å². The maximum Gasteiger partial charge on any atom is 0.266 e. The minimum atomic E-state index is -0.580. The highest BCUT2D eigenvalue weighted by molar-refractivity contribution is 6.31. The van der Waals surface area contributed by atoms with E-state index >= 15 is 0 Å². The average Bonchev–Trinajstić information content (AvgIpc) is 2.64. The van der Waals surface area contributed by atoms with Crippen molar-refractivity contribution in [3.05, 3.63) is 52.1 Å². The molecule has 0 aliphatic rings. The Kier molecular flexibility index (Phi) is 6.10. The summed E-state index contributed by atoms with van der Waals surface area (Å²) < 4.78 is 10.1. The Morgan fingerprint density at radius 3 is 2.42 bits per heavy atom. The van der Waals surface area contributed by atoms with Gasteiger partial charge in [0.1, 0.15) is 11.6 Å². The lowest BCUT2D eigenvalue weighted by atomic mass is 10.1. The van der Waals surface area contributed by atoms with E-state index in [2.05, 4.69) is 5.32 Å². The molecule has 2 aromatic rings. The smallest absolute Gasteiger partial charge is 0.266 e. The summed E-state index contributed by atoms with van der Waals surface area (Å²) in [5.41, 5.74) is 1.56. The number of carbonyl (C=O) groups is 1. The number of rotatable bonds is 5. The first-order chi connectivity index (χ1) is 12.4. The predicted molar refractivity (Wildman–Crippen MR) is 99.6 cm³/mol. The number of phenolic OH excluding ortho intramolecular Hbond substituents is 1. The molecule has 0 aromatic heterocycles. The van der Waals surface area contributed by atoms with E-state index in [9.17, 15) is 15.2 Å². The molecule has 0 atom stereocenters. The summed E-state index contributed by atoms with van der Waals surface area (Å²) >= 11 is 6.04. The first kappa shape index (κ1) is 19.2. The number of anilines is 1. The maximum atomic E-state index is 12.4. The van der Waals surface area contributed by atoms with Gasteiger partial charge >= 0.3 is 0 Å². The van der Waals surface area contributed by atoms with Gasteiger partial charge in [0.05, 0.1) is 14.2 Å². The Hall–Kier alpha value is -3.17. The predicted octanol–water partition coefficient (Wildman–Crippen LogP) is 3.92. The third-order valence-corrected chi connectivity index (χ3v) is 4.10. The Morgan fingerprint density at radius 2 is 1.88 bits per heavy atom. The fourth-order valence-electron chi connectivity index (χ4n) is 2.24. The van der Waals surface area contributed by atoms with Crippen LogP contribution in [0.2, 0.25) is 5.02 Å². The first-order valence-electron chi connectivity index (χ1n) is 7.54. The number of benzene rings is 2. The van der Waals surface area contributed by atoms with Gasteiger partial charge in [0.25, 0.3) is 5.91 Å². The van der Waals surface area contributed by atoms with Crippen LogP contribution in [0.1, 0.15) is 11.1 Å². The number of hydrogen-bond acceptors (Lipinski definition) is 5. The molecule has 2 aromatic carbocycles. The molecule has 0 saturated carbocycles. The molecule has 2 rings (SSSR count). The highest BCUT2D eigenvalue weighted by Gasteiger charge is 2.14. The molecule has 26 heavy (non-hydrogen) atoms. The van der Waals surface area contributed by atoms with Crippen molar-refractivity contribution in [3.8, 4) is 23.3 Å². The standard InChI is InChI=1S/C19H17ClN2O4/c1-11-14(20)5-4-6-15(11)22-19(24)13(10-21)7-12-8-16(25-2)18(23)17(9-12)26-3/h4-9,23H,1-3H3,(H,22,24)/b13-7-. The van der Waals surface area contributed by atoms with Crippen molar-refractivity contribution >= 4 is 29.3 Å². The lowest BCUT2D eigenvalue weighted by Crippen LogP contribution is -2.14. The van der Waals surface area contributed by atoms with Crippen LogP contribution >= 0.6 is 11.6 Å². The number of methoxy groups -OCH3 is 2. The van der Waals surface area contributed by atoms with Crippen LogP contribution in [0.4, 0.5) is 5.69 Å². The number of aromatic hydroxyl groups is 1. The third kappa shape index (κ3) is 4.08. The fraction of sp³-hybridized carbons (Fsp3) is 0.158. The Labute approximate surface area is 156 Å². The second-order valence-electron chi connectivity index (χ2n) is 5.31. The van der Waals surface area contributed by atoms with Crippen molar-refractivity contribution in [2.45, 2.75) is 6.92 Å². The monoisotopic (exact) mass is 372 g/mol. The van der Waals surface area contributed by atoms with E-state index in [1.54, 1.807) is 25.1 Å². The molecule has 134 valence electrons. The van der Waals surface area contributed by atoms with Crippen LogP contribution in [0.25, 0.3) is 6.08 Å². The number of ether oxygens (including phenoxy) is 2.